The van der Waals surface area contributed by atoms with Crippen LogP contribution in [-0.4, -0.2) is 0 Å². The standard InChI is InChI=1S/C15H13BrCl2/c1-10-2-4-11(5-3-10)6-15(16)12-7-13(17)9-14(18)8-12/h2-5,7-9,15H,6H2,1H3. The van der Waals surface area contributed by atoms with Gasteiger partial charge in [0.05, 0.1) is 0 Å². The van der Waals surface area contributed by atoms with Crippen molar-refractivity contribution < 1.29 is 0 Å². The molecule has 94 valence electrons. The molecule has 0 aliphatic carbocycles. The maximum Gasteiger partial charge on any atom is 0.0436 e. The van der Waals surface area contributed by atoms with E-state index in [0.717, 1.165) is 12.0 Å². The summed E-state index contributed by atoms with van der Waals surface area (Å²) in [7, 11) is 0. The average molecular weight is 344 g/mol. The van der Waals surface area contributed by atoms with Gasteiger partial charge >= 0.3 is 0 Å². The van der Waals surface area contributed by atoms with Gasteiger partial charge in [-0.15, -0.1) is 0 Å². The van der Waals surface area contributed by atoms with Crippen molar-refractivity contribution >= 4 is 39.1 Å². The van der Waals surface area contributed by atoms with E-state index in [1.54, 1.807) is 6.07 Å². The molecule has 2 rings (SSSR count). The Balaban J connectivity index is 2.16. The molecular weight excluding hydrogens is 331 g/mol. The van der Waals surface area contributed by atoms with Crippen LogP contribution in [0.25, 0.3) is 0 Å². The molecule has 0 saturated heterocycles. The lowest BCUT2D eigenvalue weighted by atomic mass is 10.0. The summed E-state index contributed by atoms with van der Waals surface area (Å²) >= 11 is 15.7. The third-order valence-electron chi connectivity index (χ3n) is 2.78. The molecule has 0 bridgehead atoms. The van der Waals surface area contributed by atoms with E-state index in [2.05, 4.69) is 47.1 Å². The molecular formula is C15H13BrCl2. The second kappa shape index (κ2) is 6.10. The van der Waals surface area contributed by atoms with Gasteiger partial charge in [-0.2, -0.15) is 0 Å². The number of aryl methyl sites for hydroxylation is 1. The van der Waals surface area contributed by atoms with Crippen LogP contribution in [0.15, 0.2) is 42.5 Å². The van der Waals surface area contributed by atoms with Crippen LogP contribution in [0.1, 0.15) is 21.5 Å². The first-order valence-electron chi connectivity index (χ1n) is 5.70. The van der Waals surface area contributed by atoms with Crippen molar-refractivity contribution in [1.29, 1.82) is 0 Å². The van der Waals surface area contributed by atoms with Gasteiger partial charge in [0.25, 0.3) is 0 Å². The van der Waals surface area contributed by atoms with E-state index in [4.69, 9.17) is 23.2 Å². The van der Waals surface area contributed by atoms with Crippen molar-refractivity contribution in [2.45, 2.75) is 18.2 Å². The third-order valence-corrected chi connectivity index (χ3v) is 4.07. The zero-order valence-electron chi connectivity index (χ0n) is 9.96. The van der Waals surface area contributed by atoms with E-state index in [1.807, 2.05) is 12.1 Å². The summed E-state index contributed by atoms with van der Waals surface area (Å²) in [5, 5.41) is 1.34. The molecule has 18 heavy (non-hydrogen) atoms. The molecule has 0 saturated carbocycles. The van der Waals surface area contributed by atoms with Gasteiger partial charge in [-0.25, -0.2) is 0 Å². The van der Waals surface area contributed by atoms with Gasteiger partial charge in [0.1, 0.15) is 0 Å². The Morgan fingerprint density at radius 3 is 2.11 bits per heavy atom. The zero-order valence-corrected chi connectivity index (χ0v) is 13.1. The molecule has 0 nitrogen and oxygen atoms in total. The second-order valence-corrected chi connectivity index (χ2v) is 6.34. The van der Waals surface area contributed by atoms with Gasteiger partial charge in [-0.1, -0.05) is 69.0 Å². The minimum Gasteiger partial charge on any atom is -0.0843 e. The van der Waals surface area contributed by atoms with Crippen LogP contribution in [0.2, 0.25) is 10.0 Å². The maximum atomic E-state index is 6.01. The Labute approximate surface area is 126 Å². The Morgan fingerprint density at radius 2 is 1.56 bits per heavy atom. The van der Waals surface area contributed by atoms with Crippen LogP contribution in [0.4, 0.5) is 0 Å². The smallest absolute Gasteiger partial charge is 0.0436 e. The molecule has 0 aliphatic rings. The van der Waals surface area contributed by atoms with Crippen molar-refractivity contribution in [1.82, 2.24) is 0 Å². The van der Waals surface area contributed by atoms with E-state index < -0.39 is 0 Å². The van der Waals surface area contributed by atoms with Gasteiger partial charge in [-0.3, -0.25) is 0 Å². The van der Waals surface area contributed by atoms with E-state index in [1.165, 1.54) is 11.1 Å². The molecule has 1 unspecified atom stereocenters. The SMILES string of the molecule is Cc1ccc(CC(Br)c2cc(Cl)cc(Cl)c2)cc1. The van der Waals surface area contributed by atoms with Crippen LogP contribution in [0, 0.1) is 6.92 Å². The highest BCUT2D eigenvalue weighted by Gasteiger charge is 2.10. The van der Waals surface area contributed by atoms with Crippen LogP contribution >= 0.6 is 39.1 Å². The first kappa shape index (κ1) is 13.9. The van der Waals surface area contributed by atoms with E-state index in [9.17, 15) is 0 Å². The molecule has 0 radical (unpaired) electrons. The highest BCUT2D eigenvalue weighted by atomic mass is 79.9. The fraction of sp³-hybridized carbons (Fsp3) is 0.200. The molecule has 0 aromatic heterocycles. The van der Waals surface area contributed by atoms with Gasteiger partial charge in [-0.05, 0) is 42.7 Å². The average Bonchev–Trinajstić information content (AvgIpc) is 2.31. The molecule has 0 fully saturated rings. The summed E-state index contributed by atoms with van der Waals surface area (Å²) in [5.41, 5.74) is 3.67. The summed E-state index contributed by atoms with van der Waals surface area (Å²) in [5.74, 6) is 0. The third kappa shape index (κ3) is 3.74. The number of halogens is 3. The summed E-state index contributed by atoms with van der Waals surface area (Å²) in [6, 6.07) is 14.2. The highest BCUT2D eigenvalue weighted by molar-refractivity contribution is 9.09. The van der Waals surface area contributed by atoms with Crippen LogP contribution < -0.4 is 0 Å². The fourth-order valence-electron chi connectivity index (χ4n) is 1.80. The van der Waals surface area contributed by atoms with Gasteiger partial charge in [0, 0.05) is 14.9 Å². The predicted octanol–water partition coefficient (Wildman–Crippen LogP) is 5.98. The van der Waals surface area contributed by atoms with E-state index in [0.29, 0.717) is 10.0 Å². The van der Waals surface area contributed by atoms with Crippen molar-refractivity contribution in [3.8, 4) is 0 Å². The van der Waals surface area contributed by atoms with Crippen molar-refractivity contribution in [2.75, 3.05) is 0 Å². The largest absolute Gasteiger partial charge is 0.0843 e. The van der Waals surface area contributed by atoms with Gasteiger partial charge in [0.2, 0.25) is 0 Å². The number of hydrogen-bond donors (Lipinski definition) is 0. The number of hydrogen-bond acceptors (Lipinski definition) is 0. The lowest BCUT2D eigenvalue weighted by Gasteiger charge is -2.11. The second-order valence-electron chi connectivity index (χ2n) is 4.36. The van der Waals surface area contributed by atoms with Crippen molar-refractivity contribution in [2.24, 2.45) is 0 Å². The summed E-state index contributed by atoms with van der Waals surface area (Å²) in [6.07, 6.45) is 0.914. The van der Waals surface area contributed by atoms with Crippen molar-refractivity contribution in [3.05, 3.63) is 69.2 Å². The molecule has 0 amide bonds. The molecule has 0 heterocycles. The quantitative estimate of drug-likeness (QED) is 0.601. The molecule has 2 aromatic carbocycles. The van der Waals surface area contributed by atoms with Crippen LogP contribution in [0.3, 0.4) is 0 Å². The van der Waals surface area contributed by atoms with Crippen LogP contribution in [-0.2, 0) is 6.42 Å². The minimum atomic E-state index is 0.219. The number of alkyl halides is 1. The fourth-order valence-corrected chi connectivity index (χ4v) is 2.99. The Bertz CT molecular complexity index is 514. The zero-order chi connectivity index (χ0) is 13.1. The molecule has 0 spiro atoms. The molecule has 0 N–H and O–H groups in total. The van der Waals surface area contributed by atoms with Gasteiger partial charge < -0.3 is 0 Å². The molecule has 0 aliphatic heterocycles. The Hall–Kier alpha value is -0.500. The lowest BCUT2D eigenvalue weighted by molar-refractivity contribution is 0.948. The molecule has 3 heteroatoms. The maximum absolute atomic E-state index is 6.01. The molecule has 2 aromatic rings. The highest BCUT2D eigenvalue weighted by Crippen LogP contribution is 2.31. The monoisotopic (exact) mass is 342 g/mol. The van der Waals surface area contributed by atoms with Crippen LogP contribution in [0.5, 0.6) is 0 Å². The summed E-state index contributed by atoms with van der Waals surface area (Å²) in [4.78, 5) is 0.219. The summed E-state index contributed by atoms with van der Waals surface area (Å²) < 4.78 is 0. The first-order chi connectivity index (χ1) is 8.54. The number of rotatable bonds is 3. The predicted molar refractivity (Wildman–Crippen MR) is 83.0 cm³/mol. The Morgan fingerprint density at radius 1 is 1.00 bits per heavy atom. The normalized spacial score (nSPS) is 12.4. The van der Waals surface area contributed by atoms with E-state index in [-0.39, 0.29) is 4.83 Å². The minimum absolute atomic E-state index is 0.219. The Kier molecular flexibility index (Phi) is 4.71. The van der Waals surface area contributed by atoms with E-state index >= 15 is 0 Å². The summed E-state index contributed by atoms with van der Waals surface area (Å²) in [6.45, 7) is 2.09. The lowest BCUT2D eigenvalue weighted by Crippen LogP contribution is -1.95. The number of benzene rings is 2. The van der Waals surface area contributed by atoms with Gasteiger partial charge in [0.15, 0.2) is 0 Å². The molecule has 1 atom stereocenters. The van der Waals surface area contributed by atoms with Crippen molar-refractivity contribution in [3.63, 3.8) is 0 Å². The first-order valence-corrected chi connectivity index (χ1v) is 7.37. The topological polar surface area (TPSA) is 0 Å².